The van der Waals surface area contributed by atoms with Crippen molar-refractivity contribution in [1.29, 1.82) is 0 Å². The number of hydrogen-bond acceptors (Lipinski definition) is 4. The second kappa shape index (κ2) is 5.75. The van der Waals surface area contributed by atoms with Crippen molar-refractivity contribution in [3.05, 3.63) is 22.2 Å². The molecule has 0 radical (unpaired) electrons. The van der Waals surface area contributed by atoms with Crippen LogP contribution in [0.2, 0.25) is 0 Å². The summed E-state index contributed by atoms with van der Waals surface area (Å²) in [5.74, 6) is 0.217. The lowest BCUT2D eigenvalue weighted by molar-refractivity contribution is -0.142. The molecule has 0 atom stereocenters. The lowest BCUT2D eigenvalue weighted by Crippen LogP contribution is -2.10. The molecule has 0 aliphatic heterocycles. The Kier molecular flexibility index (Phi) is 4.61. The number of benzene rings is 1. The fourth-order valence-corrected chi connectivity index (χ4v) is 1.84. The van der Waals surface area contributed by atoms with Crippen molar-refractivity contribution in [2.75, 3.05) is 19.5 Å². The second-order valence-corrected chi connectivity index (χ2v) is 3.98. The van der Waals surface area contributed by atoms with Gasteiger partial charge in [0, 0.05) is 10.0 Å². The van der Waals surface area contributed by atoms with Gasteiger partial charge in [-0.05, 0) is 19.1 Å². The van der Waals surface area contributed by atoms with Crippen LogP contribution in [-0.4, -0.2) is 19.7 Å². The standard InChI is InChI=1S/C11H14BrNO3/c1-3-16-10(14)6-7-8(12)4-5-9(13)11(7)15-2/h4-5H,3,6,13H2,1-2H3. The van der Waals surface area contributed by atoms with Crippen LogP contribution in [0, 0.1) is 0 Å². The number of halogens is 1. The molecule has 0 aliphatic carbocycles. The molecular weight excluding hydrogens is 274 g/mol. The van der Waals surface area contributed by atoms with Crippen LogP contribution < -0.4 is 10.5 Å². The van der Waals surface area contributed by atoms with Gasteiger partial charge in [0.1, 0.15) is 5.75 Å². The Balaban J connectivity index is 3.01. The number of methoxy groups -OCH3 is 1. The molecule has 0 bridgehead atoms. The first-order valence-corrected chi connectivity index (χ1v) is 5.65. The van der Waals surface area contributed by atoms with E-state index in [0.29, 0.717) is 23.6 Å². The van der Waals surface area contributed by atoms with Gasteiger partial charge in [0.2, 0.25) is 0 Å². The normalized spacial score (nSPS) is 9.94. The minimum Gasteiger partial charge on any atom is -0.494 e. The SMILES string of the molecule is CCOC(=O)Cc1c(Br)ccc(N)c1OC. The first kappa shape index (κ1) is 12.8. The van der Waals surface area contributed by atoms with Gasteiger partial charge in [-0.3, -0.25) is 4.79 Å². The van der Waals surface area contributed by atoms with E-state index in [1.165, 1.54) is 7.11 Å². The molecule has 5 heteroatoms. The molecule has 0 unspecified atom stereocenters. The monoisotopic (exact) mass is 287 g/mol. The molecular formula is C11H14BrNO3. The van der Waals surface area contributed by atoms with E-state index < -0.39 is 0 Å². The van der Waals surface area contributed by atoms with Gasteiger partial charge in [0.05, 0.1) is 25.8 Å². The zero-order valence-corrected chi connectivity index (χ0v) is 10.8. The predicted octanol–water partition coefficient (Wildman–Crippen LogP) is 2.15. The summed E-state index contributed by atoms with van der Waals surface area (Å²) in [7, 11) is 1.52. The Hall–Kier alpha value is -1.23. The number of ether oxygens (including phenoxy) is 2. The number of nitrogen functional groups attached to an aromatic ring is 1. The third kappa shape index (κ3) is 2.88. The van der Waals surface area contributed by atoms with Gasteiger partial charge >= 0.3 is 5.97 Å². The Morgan fingerprint density at radius 3 is 2.75 bits per heavy atom. The number of carbonyl (C=O) groups is 1. The molecule has 1 rings (SSSR count). The van der Waals surface area contributed by atoms with Crippen molar-refractivity contribution >= 4 is 27.6 Å². The van der Waals surface area contributed by atoms with E-state index in [1.54, 1.807) is 19.1 Å². The van der Waals surface area contributed by atoms with Crippen molar-refractivity contribution in [1.82, 2.24) is 0 Å². The maximum Gasteiger partial charge on any atom is 0.310 e. The van der Waals surface area contributed by atoms with Gasteiger partial charge in [0.25, 0.3) is 0 Å². The number of carbonyl (C=O) groups excluding carboxylic acids is 1. The zero-order valence-electron chi connectivity index (χ0n) is 9.25. The summed E-state index contributed by atoms with van der Waals surface area (Å²) in [6.07, 6.45) is 0.142. The van der Waals surface area contributed by atoms with Crippen LogP contribution in [0.4, 0.5) is 5.69 Å². The van der Waals surface area contributed by atoms with Crippen molar-refractivity contribution in [2.24, 2.45) is 0 Å². The van der Waals surface area contributed by atoms with Gasteiger partial charge in [0.15, 0.2) is 0 Å². The molecule has 0 heterocycles. The highest BCUT2D eigenvalue weighted by Gasteiger charge is 2.15. The molecule has 1 aromatic rings. The van der Waals surface area contributed by atoms with E-state index in [1.807, 2.05) is 0 Å². The zero-order chi connectivity index (χ0) is 12.1. The largest absolute Gasteiger partial charge is 0.494 e. The molecule has 2 N–H and O–H groups in total. The fourth-order valence-electron chi connectivity index (χ4n) is 1.38. The highest BCUT2D eigenvalue weighted by molar-refractivity contribution is 9.10. The Bertz CT molecular complexity index is 393. The highest BCUT2D eigenvalue weighted by Crippen LogP contribution is 2.32. The molecule has 1 aromatic carbocycles. The molecule has 16 heavy (non-hydrogen) atoms. The minimum atomic E-state index is -0.299. The first-order valence-electron chi connectivity index (χ1n) is 4.86. The van der Waals surface area contributed by atoms with Crippen molar-refractivity contribution < 1.29 is 14.3 Å². The third-order valence-electron chi connectivity index (χ3n) is 2.06. The Morgan fingerprint density at radius 1 is 1.50 bits per heavy atom. The van der Waals surface area contributed by atoms with Crippen LogP contribution in [0.5, 0.6) is 5.75 Å². The Morgan fingerprint density at radius 2 is 2.19 bits per heavy atom. The lowest BCUT2D eigenvalue weighted by Gasteiger charge is -2.12. The van der Waals surface area contributed by atoms with Crippen LogP contribution >= 0.6 is 15.9 Å². The summed E-state index contributed by atoms with van der Waals surface area (Å²) in [6.45, 7) is 2.13. The third-order valence-corrected chi connectivity index (χ3v) is 2.81. The second-order valence-electron chi connectivity index (χ2n) is 3.13. The summed E-state index contributed by atoms with van der Waals surface area (Å²) >= 11 is 3.36. The smallest absolute Gasteiger partial charge is 0.310 e. The molecule has 0 amide bonds. The van der Waals surface area contributed by atoms with Gasteiger partial charge in [-0.1, -0.05) is 15.9 Å². The van der Waals surface area contributed by atoms with Gasteiger partial charge in [-0.15, -0.1) is 0 Å². The van der Waals surface area contributed by atoms with Crippen LogP contribution in [-0.2, 0) is 16.0 Å². The number of hydrogen-bond donors (Lipinski definition) is 1. The quantitative estimate of drug-likeness (QED) is 0.681. The number of esters is 1. The maximum atomic E-state index is 11.4. The fraction of sp³-hybridized carbons (Fsp3) is 0.364. The van der Waals surface area contributed by atoms with E-state index in [0.717, 1.165) is 4.47 Å². The summed E-state index contributed by atoms with van der Waals surface area (Å²) in [5.41, 5.74) is 6.97. The van der Waals surface area contributed by atoms with Crippen molar-refractivity contribution in [2.45, 2.75) is 13.3 Å². The maximum absolute atomic E-state index is 11.4. The number of anilines is 1. The van der Waals surface area contributed by atoms with E-state index in [-0.39, 0.29) is 12.4 Å². The van der Waals surface area contributed by atoms with Crippen LogP contribution in [0.1, 0.15) is 12.5 Å². The molecule has 0 fully saturated rings. The topological polar surface area (TPSA) is 61.5 Å². The molecule has 0 saturated carbocycles. The number of nitrogens with two attached hydrogens (primary N) is 1. The highest BCUT2D eigenvalue weighted by atomic mass is 79.9. The lowest BCUT2D eigenvalue weighted by atomic mass is 10.1. The average molecular weight is 288 g/mol. The van der Waals surface area contributed by atoms with E-state index in [9.17, 15) is 4.79 Å². The van der Waals surface area contributed by atoms with Crippen LogP contribution in [0.3, 0.4) is 0 Å². The molecule has 0 aromatic heterocycles. The predicted molar refractivity (Wildman–Crippen MR) is 65.4 cm³/mol. The van der Waals surface area contributed by atoms with E-state index in [2.05, 4.69) is 15.9 Å². The van der Waals surface area contributed by atoms with Crippen LogP contribution in [0.25, 0.3) is 0 Å². The first-order chi connectivity index (χ1) is 7.60. The van der Waals surface area contributed by atoms with Gasteiger partial charge in [-0.2, -0.15) is 0 Å². The minimum absolute atomic E-state index is 0.142. The Labute approximate surface area is 103 Å². The molecule has 0 saturated heterocycles. The number of rotatable bonds is 4. The summed E-state index contributed by atoms with van der Waals surface area (Å²) in [5, 5.41) is 0. The van der Waals surface area contributed by atoms with Crippen molar-refractivity contribution in [3.63, 3.8) is 0 Å². The van der Waals surface area contributed by atoms with E-state index >= 15 is 0 Å². The molecule has 88 valence electrons. The van der Waals surface area contributed by atoms with Gasteiger partial charge in [-0.25, -0.2) is 0 Å². The average Bonchev–Trinajstić information content (AvgIpc) is 2.24. The van der Waals surface area contributed by atoms with Crippen LogP contribution in [0.15, 0.2) is 16.6 Å². The summed E-state index contributed by atoms with van der Waals surface area (Å²) in [6, 6.07) is 3.50. The summed E-state index contributed by atoms with van der Waals surface area (Å²) < 4.78 is 10.8. The van der Waals surface area contributed by atoms with E-state index in [4.69, 9.17) is 15.2 Å². The molecule has 4 nitrogen and oxygen atoms in total. The molecule has 0 aliphatic rings. The van der Waals surface area contributed by atoms with Gasteiger partial charge < -0.3 is 15.2 Å². The summed E-state index contributed by atoms with van der Waals surface area (Å²) in [4.78, 5) is 11.4. The molecule has 0 spiro atoms. The van der Waals surface area contributed by atoms with Crippen molar-refractivity contribution in [3.8, 4) is 5.75 Å².